The van der Waals surface area contributed by atoms with E-state index in [-0.39, 0.29) is 36.8 Å². The standard InChI is InChI=1S/C20H27N5O3.ClH/c21-10-11-28-18-8-6-17(7-9-18)24-20(27)15-12-22-25(13-15)14-19(26)23-16-4-2-1-3-5-16;/h6-9,12-13,16H,1-5,10-11,14,21H2,(H,23,26)(H,24,27);1H. The molecule has 4 N–H and O–H groups in total. The number of nitrogens with one attached hydrogen (secondary N) is 2. The highest BCUT2D eigenvalue weighted by Gasteiger charge is 2.16. The Morgan fingerprint density at radius 3 is 2.59 bits per heavy atom. The number of nitrogens with two attached hydrogens (primary N) is 1. The first-order chi connectivity index (χ1) is 13.6. The number of anilines is 1. The van der Waals surface area contributed by atoms with Crippen molar-refractivity contribution in [3.8, 4) is 5.75 Å². The van der Waals surface area contributed by atoms with Crippen molar-refractivity contribution < 1.29 is 14.3 Å². The van der Waals surface area contributed by atoms with Crippen molar-refractivity contribution in [3.05, 3.63) is 42.2 Å². The summed E-state index contributed by atoms with van der Waals surface area (Å²) in [6.07, 6.45) is 8.68. The number of nitrogens with zero attached hydrogens (tertiary/aromatic N) is 2. The van der Waals surface area contributed by atoms with Crippen molar-refractivity contribution in [1.82, 2.24) is 15.1 Å². The van der Waals surface area contributed by atoms with E-state index in [9.17, 15) is 9.59 Å². The molecule has 8 nitrogen and oxygen atoms in total. The number of rotatable bonds is 8. The number of carbonyl (C=O) groups is 2. The molecule has 1 fully saturated rings. The number of hydrogen-bond donors (Lipinski definition) is 3. The second-order valence-corrected chi connectivity index (χ2v) is 6.94. The normalized spacial score (nSPS) is 14.0. The number of carbonyl (C=O) groups excluding carboxylic acids is 2. The molecule has 1 aromatic heterocycles. The summed E-state index contributed by atoms with van der Waals surface area (Å²) in [5.41, 5.74) is 6.44. The average molecular weight is 422 g/mol. The predicted octanol–water partition coefficient (Wildman–Crippen LogP) is 2.34. The van der Waals surface area contributed by atoms with Crippen LogP contribution in [0.4, 0.5) is 5.69 Å². The minimum atomic E-state index is -0.283. The zero-order valence-corrected chi connectivity index (χ0v) is 17.1. The maximum Gasteiger partial charge on any atom is 0.258 e. The predicted molar refractivity (Wildman–Crippen MR) is 113 cm³/mol. The fourth-order valence-electron chi connectivity index (χ4n) is 3.25. The van der Waals surface area contributed by atoms with Crippen LogP contribution >= 0.6 is 12.4 Å². The van der Waals surface area contributed by atoms with E-state index in [1.165, 1.54) is 17.3 Å². The topological polar surface area (TPSA) is 111 Å². The Balaban J connectivity index is 0.00000300. The molecule has 0 saturated heterocycles. The quantitative estimate of drug-likeness (QED) is 0.605. The summed E-state index contributed by atoms with van der Waals surface area (Å²) in [6, 6.07) is 7.31. The van der Waals surface area contributed by atoms with Crippen LogP contribution in [-0.4, -0.2) is 40.8 Å². The maximum atomic E-state index is 12.4. The summed E-state index contributed by atoms with van der Waals surface area (Å²) in [4.78, 5) is 24.5. The van der Waals surface area contributed by atoms with Crippen molar-refractivity contribution in [2.75, 3.05) is 18.5 Å². The molecule has 0 spiro atoms. The van der Waals surface area contributed by atoms with Gasteiger partial charge in [-0.15, -0.1) is 12.4 Å². The monoisotopic (exact) mass is 421 g/mol. The highest BCUT2D eigenvalue weighted by atomic mass is 35.5. The van der Waals surface area contributed by atoms with Crippen LogP contribution in [0.1, 0.15) is 42.5 Å². The summed E-state index contributed by atoms with van der Waals surface area (Å²) in [6.45, 7) is 0.997. The van der Waals surface area contributed by atoms with E-state index in [0.717, 1.165) is 25.7 Å². The van der Waals surface area contributed by atoms with Crippen LogP contribution in [0.5, 0.6) is 5.75 Å². The van der Waals surface area contributed by atoms with Gasteiger partial charge in [0.15, 0.2) is 0 Å². The van der Waals surface area contributed by atoms with Crippen molar-refractivity contribution in [2.45, 2.75) is 44.7 Å². The van der Waals surface area contributed by atoms with Crippen LogP contribution in [0.3, 0.4) is 0 Å². The van der Waals surface area contributed by atoms with Crippen LogP contribution in [0.25, 0.3) is 0 Å². The first-order valence-electron chi connectivity index (χ1n) is 9.70. The molecule has 1 heterocycles. The fraction of sp³-hybridized carbons (Fsp3) is 0.450. The third-order valence-corrected chi connectivity index (χ3v) is 4.67. The summed E-state index contributed by atoms with van der Waals surface area (Å²) in [5, 5.41) is 9.97. The number of aromatic nitrogens is 2. The molecule has 1 aliphatic carbocycles. The van der Waals surface area contributed by atoms with Gasteiger partial charge in [-0.2, -0.15) is 5.10 Å². The molecule has 0 atom stereocenters. The van der Waals surface area contributed by atoms with Gasteiger partial charge in [-0.05, 0) is 37.1 Å². The fourth-order valence-corrected chi connectivity index (χ4v) is 3.25. The molecule has 2 amide bonds. The zero-order chi connectivity index (χ0) is 19.8. The van der Waals surface area contributed by atoms with E-state index >= 15 is 0 Å². The Hall–Kier alpha value is -2.58. The molecule has 9 heteroatoms. The van der Waals surface area contributed by atoms with Gasteiger partial charge in [0.1, 0.15) is 18.9 Å². The third kappa shape index (κ3) is 7.07. The Bertz CT molecular complexity index is 788. The molecule has 2 aromatic rings. The van der Waals surface area contributed by atoms with E-state index in [2.05, 4.69) is 15.7 Å². The van der Waals surface area contributed by atoms with E-state index in [0.29, 0.717) is 30.2 Å². The molecule has 0 bridgehead atoms. The van der Waals surface area contributed by atoms with Crippen LogP contribution in [-0.2, 0) is 11.3 Å². The van der Waals surface area contributed by atoms with Crippen LogP contribution in [0.15, 0.2) is 36.7 Å². The van der Waals surface area contributed by atoms with Gasteiger partial charge in [-0.25, -0.2) is 0 Å². The van der Waals surface area contributed by atoms with Gasteiger partial charge >= 0.3 is 0 Å². The molecule has 3 rings (SSSR count). The number of hydrogen-bond acceptors (Lipinski definition) is 5. The van der Waals surface area contributed by atoms with Gasteiger partial charge in [0, 0.05) is 24.5 Å². The molecule has 158 valence electrons. The van der Waals surface area contributed by atoms with Crippen molar-refractivity contribution >= 4 is 29.9 Å². The van der Waals surface area contributed by atoms with E-state index in [1.54, 1.807) is 30.5 Å². The Kier molecular flexibility index (Phi) is 8.95. The summed E-state index contributed by atoms with van der Waals surface area (Å²) in [5.74, 6) is 0.338. The number of ether oxygens (including phenoxy) is 1. The average Bonchev–Trinajstić information content (AvgIpc) is 3.16. The highest BCUT2D eigenvalue weighted by molar-refractivity contribution is 6.04. The molecule has 1 aliphatic rings. The number of benzene rings is 1. The largest absolute Gasteiger partial charge is 0.492 e. The Morgan fingerprint density at radius 1 is 1.17 bits per heavy atom. The Morgan fingerprint density at radius 2 is 1.90 bits per heavy atom. The number of amides is 2. The van der Waals surface area contributed by atoms with E-state index in [4.69, 9.17) is 10.5 Å². The van der Waals surface area contributed by atoms with Gasteiger partial charge in [0.2, 0.25) is 5.91 Å². The van der Waals surface area contributed by atoms with E-state index < -0.39 is 0 Å². The highest BCUT2D eigenvalue weighted by Crippen LogP contribution is 2.18. The molecule has 0 radical (unpaired) electrons. The Labute approximate surface area is 176 Å². The van der Waals surface area contributed by atoms with Gasteiger partial charge in [0.05, 0.1) is 11.8 Å². The summed E-state index contributed by atoms with van der Waals surface area (Å²) >= 11 is 0. The molecular formula is C20H28ClN5O3. The minimum absolute atomic E-state index is 0. The van der Waals surface area contributed by atoms with Gasteiger partial charge in [-0.3, -0.25) is 14.3 Å². The summed E-state index contributed by atoms with van der Waals surface area (Å²) in [7, 11) is 0. The minimum Gasteiger partial charge on any atom is -0.492 e. The lowest BCUT2D eigenvalue weighted by Crippen LogP contribution is -2.38. The smallest absolute Gasteiger partial charge is 0.258 e. The molecule has 1 saturated carbocycles. The van der Waals surface area contributed by atoms with Crippen LogP contribution < -0.4 is 21.1 Å². The number of halogens is 1. The van der Waals surface area contributed by atoms with Crippen LogP contribution in [0, 0.1) is 0 Å². The first kappa shape index (κ1) is 22.7. The lowest BCUT2D eigenvalue weighted by atomic mass is 9.95. The second kappa shape index (κ2) is 11.4. The zero-order valence-electron chi connectivity index (χ0n) is 16.3. The van der Waals surface area contributed by atoms with Gasteiger partial charge < -0.3 is 21.1 Å². The summed E-state index contributed by atoms with van der Waals surface area (Å²) < 4.78 is 6.89. The SMILES string of the molecule is Cl.NCCOc1ccc(NC(=O)c2cnn(CC(=O)NC3CCCCC3)c2)cc1. The molecule has 29 heavy (non-hydrogen) atoms. The third-order valence-electron chi connectivity index (χ3n) is 4.67. The van der Waals surface area contributed by atoms with Crippen molar-refractivity contribution in [2.24, 2.45) is 5.73 Å². The first-order valence-corrected chi connectivity index (χ1v) is 9.70. The molecule has 0 unspecified atom stereocenters. The van der Waals surface area contributed by atoms with Gasteiger partial charge in [0.25, 0.3) is 5.91 Å². The molecular weight excluding hydrogens is 394 g/mol. The second-order valence-electron chi connectivity index (χ2n) is 6.94. The van der Waals surface area contributed by atoms with Gasteiger partial charge in [-0.1, -0.05) is 19.3 Å². The molecule has 0 aliphatic heterocycles. The lowest BCUT2D eigenvalue weighted by Gasteiger charge is -2.22. The van der Waals surface area contributed by atoms with E-state index in [1.807, 2.05) is 0 Å². The lowest BCUT2D eigenvalue weighted by molar-refractivity contribution is -0.122. The molecule has 1 aromatic carbocycles. The van der Waals surface area contributed by atoms with Crippen molar-refractivity contribution in [1.29, 1.82) is 0 Å². The van der Waals surface area contributed by atoms with Crippen LogP contribution in [0.2, 0.25) is 0 Å². The maximum absolute atomic E-state index is 12.4. The van der Waals surface area contributed by atoms with Crippen molar-refractivity contribution in [3.63, 3.8) is 0 Å².